The number of methoxy groups -OCH3 is 1. The lowest BCUT2D eigenvalue weighted by molar-refractivity contribution is -0.136. The van der Waals surface area contributed by atoms with Crippen LogP contribution in [0.4, 0.5) is 13.2 Å². The minimum absolute atomic E-state index is 0.156. The van der Waals surface area contributed by atoms with E-state index in [-0.39, 0.29) is 17.5 Å². The Labute approximate surface area is 116 Å². The molecule has 0 saturated carbocycles. The van der Waals surface area contributed by atoms with Crippen LogP contribution < -0.4 is 4.74 Å². The molecule has 21 heavy (non-hydrogen) atoms. The van der Waals surface area contributed by atoms with Crippen molar-refractivity contribution >= 4 is 5.65 Å². The molecule has 0 N–H and O–H groups in total. The Kier molecular flexibility index (Phi) is 2.96. The molecule has 3 heterocycles. The Morgan fingerprint density at radius 2 is 1.86 bits per heavy atom. The van der Waals surface area contributed by atoms with Crippen LogP contribution in [0.15, 0.2) is 30.7 Å². The maximum Gasteiger partial charge on any atom is 0.420 e. The fraction of sp³-hybridized carbons (Fsp3) is 0.167. The van der Waals surface area contributed by atoms with E-state index < -0.39 is 11.7 Å². The average Bonchev–Trinajstić information content (AvgIpc) is 2.90. The quantitative estimate of drug-likeness (QED) is 0.725. The molecule has 0 bridgehead atoms. The summed E-state index contributed by atoms with van der Waals surface area (Å²) in [5.41, 5.74) is -0.684. The normalized spacial score (nSPS) is 11.8. The number of aromatic nitrogens is 5. The van der Waals surface area contributed by atoms with Crippen molar-refractivity contribution in [1.29, 1.82) is 0 Å². The zero-order valence-corrected chi connectivity index (χ0v) is 10.7. The van der Waals surface area contributed by atoms with Gasteiger partial charge in [-0.15, -0.1) is 10.2 Å². The van der Waals surface area contributed by atoms with Gasteiger partial charge in [-0.3, -0.25) is 4.40 Å². The molecule has 0 atom stereocenters. The molecule has 3 aromatic heterocycles. The maximum absolute atomic E-state index is 12.9. The predicted octanol–water partition coefficient (Wildman–Crippen LogP) is 2.21. The van der Waals surface area contributed by atoms with Gasteiger partial charge in [-0.05, 0) is 12.1 Å². The molecule has 0 amide bonds. The standard InChI is InChI=1S/C12H8F3N5O/c1-21-11-16-5-7(6-17-11)9-18-19-10-8(12(13,14)15)3-2-4-20(9)10/h2-6H,1H3. The van der Waals surface area contributed by atoms with Gasteiger partial charge < -0.3 is 4.74 Å². The van der Waals surface area contributed by atoms with Gasteiger partial charge >= 0.3 is 12.2 Å². The van der Waals surface area contributed by atoms with Crippen molar-refractivity contribution in [3.8, 4) is 17.4 Å². The van der Waals surface area contributed by atoms with E-state index in [1.54, 1.807) is 0 Å². The van der Waals surface area contributed by atoms with Gasteiger partial charge in [-0.1, -0.05) is 0 Å². The number of hydrogen-bond donors (Lipinski definition) is 0. The van der Waals surface area contributed by atoms with E-state index in [0.29, 0.717) is 5.56 Å². The van der Waals surface area contributed by atoms with Crippen LogP contribution in [0.2, 0.25) is 0 Å². The van der Waals surface area contributed by atoms with Gasteiger partial charge in [0.15, 0.2) is 11.5 Å². The Bertz CT molecular complexity index is 782. The number of hydrogen-bond acceptors (Lipinski definition) is 5. The second kappa shape index (κ2) is 4.69. The zero-order valence-electron chi connectivity index (χ0n) is 10.7. The second-order valence-corrected chi connectivity index (χ2v) is 4.10. The molecule has 9 heteroatoms. The Balaban J connectivity index is 2.16. The Hall–Kier alpha value is -2.71. The van der Waals surface area contributed by atoms with E-state index in [9.17, 15) is 13.2 Å². The summed E-state index contributed by atoms with van der Waals surface area (Å²) in [6, 6.07) is 2.40. The van der Waals surface area contributed by atoms with E-state index in [4.69, 9.17) is 4.74 Å². The molecule has 0 aliphatic carbocycles. The summed E-state index contributed by atoms with van der Waals surface area (Å²) in [6.45, 7) is 0. The van der Waals surface area contributed by atoms with Gasteiger partial charge in [-0.2, -0.15) is 13.2 Å². The lowest BCUT2D eigenvalue weighted by atomic mass is 10.2. The molecule has 108 valence electrons. The first-order chi connectivity index (χ1) is 10.0. The molecule has 0 unspecified atom stereocenters. The van der Waals surface area contributed by atoms with E-state index in [0.717, 1.165) is 6.07 Å². The van der Waals surface area contributed by atoms with Crippen molar-refractivity contribution in [3.05, 3.63) is 36.3 Å². The summed E-state index contributed by atoms with van der Waals surface area (Å²) in [4.78, 5) is 7.79. The van der Waals surface area contributed by atoms with Crippen LogP contribution in [0, 0.1) is 0 Å². The summed E-state index contributed by atoms with van der Waals surface area (Å²) in [6.07, 6.45) is -0.238. The first-order valence-corrected chi connectivity index (χ1v) is 5.78. The molecule has 0 spiro atoms. The number of pyridine rings is 1. The SMILES string of the molecule is COc1ncc(-c2nnc3c(C(F)(F)F)cccn23)cn1. The number of nitrogens with zero attached hydrogens (tertiary/aromatic N) is 5. The third kappa shape index (κ3) is 2.26. The summed E-state index contributed by atoms with van der Waals surface area (Å²) < 4.78 is 44.8. The number of alkyl halides is 3. The third-order valence-electron chi connectivity index (χ3n) is 2.81. The number of rotatable bonds is 2. The van der Waals surface area contributed by atoms with Crippen LogP contribution in [0.25, 0.3) is 17.0 Å². The summed E-state index contributed by atoms with van der Waals surface area (Å²) in [5.74, 6) is 0.221. The molecule has 3 rings (SSSR count). The number of halogens is 3. The molecule has 6 nitrogen and oxygen atoms in total. The van der Waals surface area contributed by atoms with Gasteiger partial charge in [0.25, 0.3) is 0 Å². The van der Waals surface area contributed by atoms with Crippen molar-refractivity contribution in [1.82, 2.24) is 24.6 Å². The molecule has 0 radical (unpaired) electrons. The topological polar surface area (TPSA) is 65.2 Å². The average molecular weight is 295 g/mol. The highest BCUT2D eigenvalue weighted by Gasteiger charge is 2.34. The molecule has 0 saturated heterocycles. The molecule has 3 aromatic rings. The molecular formula is C12H8F3N5O. The van der Waals surface area contributed by atoms with Crippen LogP contribution in [-0.4, -0.2) is 31.7 Å². The fourth-order valence-electron chi connectivity index (χ4n) is 1.87. The van der Waals surface area contributed by atoms with Gasteiger partial charge in [0, 0.05) is 18.6 Å². The smallest absolute Gasteiger partial charge is 0.420 e. The van der Waals surface area contributed by atoms with Gasteiger partial charge in [0.2, 0.25) is 0 Å². The third-order valence-corrected chi connectivity index (χ3v) is 2.81. The van der Waals surface area contributed by atoms with Crippen molar-refractivity contribution in [2.24, 2.45) is 0 Å². The molecule has 0 fully saturated rings. The largest absolute Gasteiger partial charge is 0.467 e. The lowest BCUT2D eigenvalue weighted by Gasteiger charge is -2.07. The first kappa shape index (κ1) is 13.3. The second-order valence-electron chi connectivity index (χ2n) is 4.10. The van der Waals surface area contributed by atoms with E-state index in [1.807, 2.05) is 0 Å². The van der Waals surface area contributed by atoms with Crippen molar-refractivity contribution < 1.29 is 17.9 Å². The number of ether oxygens (including phenoxy) is 1. The predicted molar refractivity (Wildman–Crippen MR) is 65.6 cm³/mol. The molecular weight excluding hydrogens is 287 g/mol. The summed E-state index contributed by atoms with van der Waals surface area (Å²) in [5, 5.41) is 7.40. The Morgan fingerprint density at radius 1 is 1.14 bits per heavy atom. The van der Waals surface area contributed by atoms with Crippen molar-refractivity contribution in [2.45, 2.75) is 6.18 Å². The maximum atomic E-state index is 12.9. The summed E-state index contributed by atoms with van der Waals surface area (Å²) in [7, 11) is 1.41. The van der Waals surface area contributed by atoms with Crippen molar-refractivity contribution in [3.63, 3.8) is 0 Å². The van der Waals surface area contributed by atoms with E-state index >= 15 is 0 Å². The highest BCUT2D eigenvalue weighted by molar-refractivity contribution is 5.60. The zero-order chi connectivity index (χ0) is 15.0. The van der Waals surface area contributed by atoms with Gasteiger partial charge in [0.05, 0.1) is 12.7 Å². The van der Waals surface area contributed by atoms with E-state index in [1.165, 1.54) is 36.2 Å². The molecule has 0 aromatic carbocycles. The highest BCUT2D eigenvalue weighted by atomic mass is 19.4. The molecule has 0 aliphatic rings. The van der Waals surface area contributed by atoms with Crippen molar-refractivity contribution in [2.75, 3.05) is 7.11 Å². The van der Waals surface area contributed by atoms with Gasteiger partial charge in [0.1, 0.15) is 5.56 Å². The highest BCUT2D eigenvalue weighted by Crippen LogP contribution is 2.32. The number of fused-ring (bicyclic) bond motifs is 1. The van der Waals surface area contributed by atoms with Crippen LogP contribution in [0.3, 0.4) is 0 Å². The van der Waals surface area contributed by atoms with Crippen LogP contribution >= 0.6 is 0 Å². The minimum atomic E-state index is -4.50. The van der Waals surface area contributed by atoms with E-state index in [2.05, 4.69) is 20.2 Å². The molecule has 0 aliphatic heterocycles. The fourth-order valence-corrected chi connectivity index (χ4v) is 1.87. The Morgan fingerprint density at radius 3 is 2.48 bits per heavy atom. The monoisotopic (exact) mass is 295 g/mol. The van der Waals surface area contributed by atoms with Crippen LogP contribution in [0.1, 0.15) is 5.56 Å². The van der Waals surface area contributed by atoms with Crippen LogP contribution in [-0.2, 0) is 6.18 Å². The lowest BCUT2D eigenvalue weighted by Crippen LogP contribution is -2.07. The van der Waals surface area contributed by atoms with Gasteiger partial charge in [-0.25, -0.2) is 9.97 Å². The van der Waals surface area contributed by atoms with Crippen LogP contribution in [0.5, 0.6) is 6.01 Å². The summed E-state index contributed by atoms with van der Waals surface area (Å²) >= 11 is 0. The minimum Gasteiger partial charge on any atom is -0.467 e. The first-order valence-electron chi connectivity index (χ1n) is 5.78.